The standard InChI is InChI=1S/C15H22O4/c1-13(2)5-4-6-14(3)12(13)11(18)7-10(8-16)15(14,19)9-17/h7-9,11-12,18-19H,4-6H2,1-3H3/t11-,12-,14-,15+/m0/s1. The molecular weight excluding hydrogens is 244 g/mol. The molecule has 4 heteroatoms. The van der Waals surface area contributed by atoms with Gasteiger partial charge in [-0.25, -0.2) is 0 Å². The third-order valence-corrected chi connectivity index (χ3v) is 5.35. The van der Waals surface area contributed by atoms with Crippen molar-refractivity contribution in [2.45, 2.75) is 51.7 Å². The molecule has 0 amide bonds. The lowest BCUT2D eigenvalue weighted by Crippen LogP contribution is -2.64. The minimum absolute atomic E-state index is 0.00792. The Bertz CT molecular complexity index is 439. The number of hydrogen-bond donors (Lipinski definition) is 2. The second-order valence-electron chi connectivity index (χ2n) is 6.85. The molecule has 4 nitrogen and oxygen atoms in total. The third-order valence-electron chi connectivity index (χ3n) is 5.35. The average Bonchev–Trinajstić information content (AvgIpc) is 2.32. The molecule has 4 atom stereocenters. The van der Waals surface area contributed by atoms with E-state index in [0.717, 1.165) is 12.8 Å². The van der Waals surface area contributed by atoms with E-state index in [-0.39, 0.29) is 16.9 Å². The maximum Gasteiger partial charge on any atom is 0.156 e. The molecule has 0 aromatic heterocycles. The van der Waals surface area contributed by atoms with Crippen LogP contribution in [0.3, 0.4) is 0 Å². The van der Waals surface area contributed by atoms with Crippen molar-refractivity contribution in [1.82, 2.24) is 0 Å². The Morgan fingerprint density at radius 1 is 1.26 bits per heavy atom. The quantitative estimate of drug-likeness (QED) is 0.738. The van der Waals surface area contributed by atoms with Crippen LogP contribution in [0.5, 0.6) is 0 Å². The maximum atomic E-state index is 11.5. The SMILES string of the molecule is CC1(C)CCC[C@@]2(C)[C@H]1[C@@H](O)C=C(C=O)[C@]2(O)C=O. The summed E-state index contributed by atoms with van der Waals surface area (Å²) in [6, 6.07) is 0. The van der Waals surface area contributed by atoms with Crippen LogP contribution in [0.4, 0.5) is 0 Å². The first kappa shape index (κ1) is 14.4. The van der Waals surface area contributed by atoms with Gasteiger partial charge in [0.15, 0.2) is 11.9 Å². The van der Waals surface area contributed by atoms with E-state index in [4.69, 9.17) is 0 Å². The van der Waals surface area contributed by atoms with Crippen molar-refractivity contribution in [2.24, 2.45) is 16.7 Å². The minimum Gasteiger partial charge on any atom is -0.389 e. The topological polar surface area (TPSA) is 74.6 Å². The highest BCUT2D eigenvalue weighted by molar-refractivity contribution is 5.88. The van der Waals surface area contributed by atoms with E-state index in [1.54, 1.807) is 0 Å². The summed E-state index contributed by atoms with van der Waals surface area (Å²) in [6.45, 7) is 5.90. The Labute approximate surface area is 113 Å². The van der Waals surface area contributed by atoms with Crippen molar-refractivity contribution >= 4 is 12.6 Å². The van der Waals surface area contributed by atoms with Crippen LogP contribution in [0.15, 0.2) is 11.6 Å². The number of aliphatic hydroxyl groups excluding tert-OH is 1. The van der Waals surface area contributed by atoms with Crippen molar-refractivity contribution < 1.29 is 19.8 Å². The van der Waals surface area contributed by atoms with Crippen LogP contribution in [0.25, 0.3) is 0 Å². The van der Waals surface area contributed by atoms with Crippen LogP contribution in [0.2, 0.25) is 0 Å². The van der Waals surface area contributed by atoms with Crippen molar-refractivity contribution in [3.05, 3.63) is 11.6 Å². The fourth-order valence-electron chi connectivity index (χ4n) is 4.42. The van der Waals surface area contributed by atoms with Crippen LogP contribution in [0, 0.1) is 16.7 Å². The molecule has 106 valence electrons. The van der Waals surface area contributed by atoms with E-state index in [9.17, 15) is 19.8 Å². The molecule has 2 aliphatic carbocycles. The molecule has 0 aromatic carbocycles. The number of fused-ring (bicyclic) bond motifs is 1. The van der Waals surface area contributed by atoms with Gasteiger partial charge in [-0.05, 0) is 24.3 Å². The van der Waals surface area contributed by atoms with Crippen LogP contribution >= 0.6 is 0 Å². The summed E-state index contributed by atoms with van der Waals surface area (Å²) in [5.74, 6) is -0.243. The Hall–Kier alpha value is -1.00. The highest BCUT2D eigenvalue weighted by atomic mass is 16.3. The predicted octanol–water partition coefficient (Wildman–Crippen LogP) is 1.25. The van der Waals surface area contributed by atoms with E-state index >= 15 is 0 Å². The summed E-state index contributed by atoms with van der Waals surface area (Å²) in [5, 5.41) is 21.1. The molecule has 2 aliphatic rings. The molecule has 1 saturated carbocycles. The van der Waals surface area contributed by atoms with Gasteiger partial charge in [0.25, 0.3) is 0 Å². The Morgan fingerprint density at radius 3 is 2.42 bits per heavy atom. The van der Waals surface area contributed by atoms with Gasteiger partial charge >= 0.3 is 0 Å². The van der Waals surface area contributed by atoms with Crippen LogP contribution < -0.4 is 0 Å². The summed E-state index contributed by atoms with van der Waals surface area (Å²) < 4.78 is 0. The largest absolute Gasteiger partial charge is 0.389 e. The molecule has 0 heterocycles. The molecule has 0 saturated heterocycles. The van der Waals surface area contributed by atoms with Crippen LogP contribution in [0.1, 0.15) is 40.0 Å². The van der Waals surface area contributed by atoms with Crippen molar-refractivity contribution in [3.8, 4) is 0 Å². The maximum absolute atomic E-state index is 11.5. The van der Waals surface area contributed by atoms with Crippen LogP contribution in [-0.2, 0) is 9.59 Å². The van der Waals surface area contributed by atoms with Gasteiger partial charge in [0.1, 0.15) is 6.29 Å². The number of aliphatic hydroxyl groups is 2. The molecule has 0 bridgehead atoms. The van der Waals surface area contributed by atoms with Gasteiger partial charge in [-0.2, -0.15) is 0 Å². The lowest BCUT2D eigenvalue weighted by Gasteiger charge is -2.59. The zero-order valence-electron chi connectivity index (χ0n) is 11.7. The van der Waals surface area contributed by atoms with Gasteiger partial charge in [-0.15, -0.1) is 0 Å². The van der Waals surface area contributed by atoms with Crippen molar-refractivity contribution in [1.29, 1.82) is 0 Å². The average molecular weight is 266 g/mol. The highest BCUT2D eigenvalue weighted by Crippen LogP contribution is 2.60. The molecule has 19 heavy (non-hydrogen) atoms. The number of hydrogen-bond acceptors (Lipinski definition) is 4. The molecule has 0 radical (unpaired) electrons. The second-order valence-corrected chi connectivity index (χ2v) is 6.85. The number of aldehydes is 2. The minimum atomic E-state index is -1.80. The number of carbonyl (C=O) groups is 2. The van der Waals surface area contributed by atoms with E-state index < -0.39 is 17.1 Å². The van der Waals surface area contributed by atoms with Gasteiger partial charge in [0.2, 0.25) is 0 Å². The first-order valence-electron chi connectivity index (χ1n) is 6.77. The van der Waals surface area contributed by atoms with Gasteiger partial charge in [-0.3, -0.25) is 9.59 Å². The van der Waals surface area contributed by atoms with Crippen molar-refractivity contribution in [3.63, 3.8) is 0 Å². The third kappa shape index (κ3) is 1.73. The fourth-order valence-corrected chi connectivity index (χ4v) is 4.42. The van der Waals surface area contributed by atoms with Crippen LogP contribution in [-0.4, -0.2) is 34.5 Å². The summed E-state index contributed by atoms with van der Waals surface area (Å²) in [5.41, 5.74) is -2.79. The summed E-state index contributed by atoms with van der Waals surface area (Å²) in [6.07, 6.45) is 3.92. The normalized spacial score (nSPS) is 45.0. The Kier molecular flexibility index (Phi) is 3.22. The van der Waals surface area contributed by atoms with E-state index in [2.05, 4.69) is 0 Å². The zero-order chi connectivity index (χ0) is 14.5. The van der Waals surface area contributed by atoms with E-state index in [1.165, 1.54) is 6.08 Å². The lowest BCUT2D eigenvalue weighted by atomic mass is 9.46. The molecule has 0 aromatic rings. The number of carbonyl (C=O) groups excluding carboxylic acids is 2. The summed E-state index contributed by atoms with van der Waals surface area (Å²) >= 11 is 0. The fraction of sp³-hybridized carbons (Fsp3) is 0.733. The molecule has 2 rings (SSSR count). The molecular formula is C15H22O4. The Morgan fingerprint density at radius 2 is 1.89 bits per heavy atom. The molecule has 2 N–H and O–H groups in total. The van der Waals surface area contributed by atoms with Gasteiger partial charge < -0.3 is 10.2 Å². The molecule has 0 spiro atoms. The van der Waals surface area contributed by atoms with Crippen molar-refractivity contribution in [2.75, 3.05) is 0 Å². The number of rotatable bonds is 2. The first-order valence-corrected chi connectivity index (χ1v) is 6.77. The highest BCUT2D eigenvalue weighted by Gasteiger charge is 2.62. The van der Waals surface area contributed by atoms with E-state index in [0.29, 0.717) is 19.0 Å². The second kappa shape index (κ2) is 4.25. The lowest BCUT2D eigenvalue weighted by molar-refractivity contribution is -0.174. The smallest absolute Gasteiger partial charge is 0.156 e. The molecule has 0 unspecified atom stereocenters. The predicted molar refractivity (Wildman–Crippen MR) is 70.4 cm³/mol. The van der Waals surface area contributed by atoms with Gasteiger partial charge in [0, 0.05) is 16.9 Å². The molecule has 0 aliphatic heterocycles. The first-order chi connectivity index (χ1) is 8.73. The Balaban J connectivity index is 2.66. The summed E-state index contributed by atoms with van der Waals surface area (Å²) in [7, 11) is 0. The van der Waals surface area contributed by atoms with E-state index in [1.807, 2.05) is 20.8 Å². The summed E-state index contributed by atoms with van der Waals surface area (Å²) in [4.78, 5) is 22.7. The monoisotopic (exact) mass is 266 g/mol. The van der Waals surface area contributed by atoms with Gasteiger partial charge in [-0.1, -0.05) is 27.2 Å². The zero-order valence-corrected chi connectivity index (χ0v) is 11.7. The van der Waals surface area contributed by atoms with Gasteiger partial charge in [0.05, 0.1) is 6.10 Å². The molecule has 1 fully saturated rings.